The second-order valence-corrected chi connectivity index (χ2v) is 6.97. The lowest BCUT2D eigenvalue weighted by Gasteiger charge is -2.39. The lowest BCUT2D eigenvalue weighted by atomic mass is 9.94. The minimum Gasteiger partial charge on any atom is -0.379 e. The van der Waals surface area contributed by atoms with Crippen LogP contribution in [0, 0.1) is 5.92 Å². The Hall–Kier alpha value is -0.200. The molecule has 0 aromatic carbocycles. The maximum atomic E-state index is 6.03. The third-order valence-electron chi connectivity index (χ3n) is 4.76. The number of hydrogen-bond acceptors (Lipinski definition) is 5. The van der Waals surface area contributed by atoms with Gasteiger partial charge in [0.15, 0.2) is 0 Å². The zero-order chi connectivity index (χ0) is 19.1. The maximum Gasteiger partial charge on any atom is 0.285 e. The average Bonchev–Trinajstić information content (AvgIpc) is 3.44. The second kappa shape index (κ2) is 14.8. The summed E-state index contributed by atoms with van der Waals surface area (Å²) in [5, 5.41) is 0. The first-order valence-corrected chi connectivity index (χ1v) is 10.8. The zero-order valence-corrected chi connectivity index (χ0v) is 17.6. The molecule has 0 radical (unpaired) electrons. The van der Waals surface area contributed by atoms with Crippen molar-refractivity contribution in [3.8, 4) is 0 Å². The molecule has 5 nitrogen and oxygen atoms in total. The Morgan fingerprint density at radius 3 is 1.96 bits per heavy atom. The molecular weight excluding hydrogens is 332 g/mol. The molecule has 156 valence electrons. The summed E-state index contributed by atoms with van der Waals surface area (Å²) in [5.41, 5.74) is 0. The van der Waals surface area contributed by atoms with E-state index in [2.05, 4.69) is 6.92 Å². The molecule has 0 saturated carbocycles. The minimum absolute atomic E-state index is 0.175. The summed E-state index contributed by atoms with van der Waals surface area (Å²) in [4.78, 5) is 0. The van der Waals surface area contributed by atoms with E-state index in [1.54, 1.807) is 0 Å². The Labute approximate surface area is 161 Å². The molecule has 0 bridgehead atoms. The topological polar surface area (TPSA) is 49.5 Å². The molecule has 0 amide bonds. The van der Waals surface area contributed by atoms with Crippen LogP contribution in [0.4, 0.5) is 0 Å². The largest absolute Gasteiger partial charge is 0.379 e. The van der Waals surface area contributed by atoms with Gasteiger partial charge in [0.05, 0.1) is 13.2 Å². The third kappa shape index (κ3) is 9.65. The lowest BCUT2D eigenvalue weighted by Crippen LogP contribution is -2.47. The van der Waals surface area contributed by atoms with E-state index in [9.17, 15) is 0 Å². The van der Waals surface area contributed by atoms with Gasteiger partial charge >= 0.3 is 0 Å². The summed E-state index contributed by atoms with van der Waals surface area (Å²) in [6, 6.07) is 0. The highest BCUT2D eigenvalue weighted by atomic mass is 16.9. The van der Waals surface area contributed by atoms with E-state index >= 15 is 0 Å². The molecule has 1 rings (SSSR count). The van der Waals surface area contributed by atoms with Gasteiger partial charge in [-0.15, -0.1) is 0 Å². The molecule has 1 aliphatic rings. The Bertz CT molecular complexity index is 303. The molecule has 2 atom stereocenters. The second-order valence-electron chi connectivity index (χ2n) is 6.97. The van der Waals surface area contributed by atoms with Gasteiger partial charge in [-0.3, -0.25) is 0 Å². The van der Waals surface area contributed by atoms with E-state index in [-0.39, 0.29) is 5.92 Å². The fourth-order valence-corrected chi connectivity index (χ4v) is 3.36. The Kier molecular flexibility index (Phi) is 13.6. The number of rotatable bonds is 19. The van der Waals surface area contributed by atoms with E-state index < -0.39 is 5.97 Å². The highest BCUT2D eigenvalue weighted by Gasteiger charge is 2.41. The zero-order valence-electron chi connectivity index (χ0n) is 17.6. The van der Waals surface area contributed by atoms with E-state index in [1.165, 1.54) is 38.5 Å². The lowest BCUT2D eigenvalue weighted by molar-refractivity contribution is -0.403. The Balaban J connectivity index is 2.56. The van der Waals surface area contributed by atoms with Crippen LogP contribution in [0.5, 0.6) is 0 Å². The van der Waals surface area contributed by atoms with Crippen LogP contribution in [-0.2, 0) is 23.7 Å². The molecule has 0 spiro atoms. The van der Waals surface area contributed by atoms with Gasteiger partial charge in [0.25, 0.3) is 5.97 Å². The van der Waals surface area contributed by atoms with E-state index in [0.29, 0.717) is 39.1 Å². The van der Waals surface area contributed by atoms with Gasteiger partial charge in [-0.2, -0.15) is 0 Å². The summed E-state index contributed by atoms with van der Waals surface area (Å²) in [6.07, 6.45) is 9.91. The molecule has 1 fully saturated rings. The van der Waals surface area contributed by atoms with Crippen LogP contribution in [0.15, 0.2) is 0 Å². The van der Waals surface area contributed by atoms with Crippen molar-refractivity contribution in [1.82, 2.24) is 0 Å². The highest BCUT2D eigenvalue weighted by molar-refractivity contribution is 4.74. The standard InChI is InChI=1S/C21H42O5/c1-5-9-10-11-12-13-14-19(15-16-22-17-20-18-23-20)21(24-6-2,25-7-3)26-8-4/h19-20H,5-18H2,1-4H3/t19-,20?/m1/s1. The van der Waals surface area contributed by atoms with Crippen molar-refractivity contribution in [2.75, 3.05) is 39.6 Å². The van der Waals surface area contributed by atoms with Crippen LogP contribution in [0.1, 0.15) is 79.1 Å². The van der Waals surface area contributed by atoms with Gasteiger partial charge in [-0.1, -0.05) is 45.4 Å². The first kappa shape index (κ1) is 23.8. The number of ether oxygens (including phenoxy) is 5. The normalized spacial score (nSPS) is 18.2. The molecule has 0 aromatic rings. The molecule has 5 heteroatoms. The smallest absolute Gasteiger partial charge is 0.285 e. The quantitative estimate of drug-likeness (QED) is 0.182. The summed E-state index contributed by atoms with van der Waals surface area (Å²) < 4.78 is 29.1. The highest BCUT2D eigenvalue weighted by Crippen LogP contribution is 2.33. The first-order chi connectivity index (χ1) is 12.7. The van der Waals surface area contributed by atoms with Crippen LogP contribution in [0.2, 0.25) is 0 Å². The predicted octanol–water partition coefficient (Wildman–Crippen LogP) is 4.92. The van der Waals surface area contributed by atoms with Crippen molar-refractivity contribution in [2.45, 2.75) is 91.1 Å². The van der Waals surface area contributed by atoms with Gasteiger partial charge in [-0.25, -0.2) is 0 Å². The SMILES string of the molecule is CCCCCCCC[C@H](CCOCC1CO1)C(OCC)(OCC)OCC. The van der Waals surface area contributed by atoms with Crippen LogP contribution in [0.25, 0.3) is 0 Å². The number of hydrogen-bond donors (Lipinski definition) is 0. The molecule has 0 N–H and O–H groups in total. The van der Waals surface area contributed by atoms with Gasteiger partial charge in [-0.05, 0) is 33.6 Å². The monoisotopic (exact) mass is 374 g/mol. The van der Waals surface area contributed by atoms with Gasteiger partial charge in [0.1, 0.15) is 6.10 Å². The van der Waals surface area contributed by atoms with Crippen molar-refractivity contribution >= 4 is 0 Å². The minimum atomic E-state index is -0.943. The first-order valence-electron chi connectivity index (χ1n) is 10.8. The summed E-state index contributed by atoms with van der Waals surface area (Å²) in [6.45, 7) is 12.2. The summed E-state index contributed by atoms with van der Waals surface area (Å²) in [5.74, 6) is -0.769. The van der Waals surface area contributed by atoms with Gasteiger partial charge < -0.3 is 23.7 Å². The van der Waals surface area contributed by atoms with Crippen LogP contribution in [0.3, 0.4) is 0 Å². The molecule has 1 unspecified atom stereocenters. The number of unbranched alkanes of at least 4 members (excludes halogenated alkanes) is 5. The maximum absolute atomic E-state index is 6.03. The van der Waals surface area contributed by atoms with Crippen molar-refractivity contribution in [3.63, 3.8) is 0 Å². The summed E-state index contributed by atoms with van der Waals surface area (Å²) >= 11 is 0. The van der Waals surface area contributed by atoms with Crippen molar-refractivity contribution < 1.29 is 23.7 Å². The van der Waals surface area contributed by atoms with E-state index in [1.807, 2.05) is 20.8 Å². The van der Waals surface area contributed by atoms with Crippen molar-refractivity contribution in [3.05, 3.63) is 0 Å². The van der Waals surface area contributed by atoms with Crippen LogP contribution >= 0.6 is 0 Å². The fourth-order valence-electron chi connectivity index (χ4n) is 3.36. The van der Waals surface area contributed by atoms with Crippen molar-refractivity contribution in [1.29, 1.82) is 0 Å². The predicted molar refractivity (Wildman–Crippen MR) is 104 cm³/mol. The molecule has 1 saturated heterocycles. The molecule has 1 heterocycles. The molecule has 0 aromatic heterocycles. The van der Waals surface area contributed by atoms with Crippen LogP contribution < -0.4 is 0 Å². The Morgan fingerprint density at radius 2 is 1.42 bits per heavy atom. The van der Waals surface area contributed by atoms with Gasteiger partial charge in [0, 0.05) is 32.3 Å². The number of epoxide rings is 1. The van der Waals surface area contributed by atoms with E-state index in [0.717, 1.165) is 19.4 Å². The van der Waals surface area contributed by atoms with Crippen molar-refractivity contribution in [2.24, 2.45) is 5.92 Å². The molecule has 1 aliphatic heterocycles. The van der Waals surface area contributed by atoms with E-state index in [4.69, 9.17) is 23.7 Å². The average molecular weight is 375 g/mol. The molecule has 0 aliphatic carbocycles. The van der Waals surface area contributed by atoms with Gasteiger partial charge in [0.2, 0.25) is 0 Å². The molecular formula is C21H42O5. The van der Waals surface area contributed by atoms with Crippen LogP contribution in [-0.4, -0.2) is 51.7 Å². The third-order valence-corrected chi connectivity index (χ3v) is 4.76. The Morgan fingerprint density at radius 1 is 0.846 bits per heavy atom. The molecule has 26 heavy (non-hydrogen) atoms. The fraction of sp³-hybridized carbons (Fsp3) is 1.00. The summed E-state index contributed by atoms with van der Waals surface area (Å²) in [7, 11) is 0.